The lowest BCUT2D eigenvalue weighted by Gasteiger charge is -1.96. The smallest absolute Gasteiger partial charge is 0.250 e. The molecule has 0 saturated carbocycles. The van der Waals surface area contributed by atoms with Crippen LogP contribution in [0.5, 0.6) is 0 Å². The Morgan fingerprint density at radius 3 is 2.76 bits per heavy atom. The van der Waals surface area contributed by atoms with Crippen LogP contribution in [-0.2, 0) is 4.79 Å². The first-order chi connectivity index (χ1) is 8.24. The van der Waals surface area contributed by atoms with E-state index in [1.807, 2.05) is 29.6 Å². The van der Waals surface area contributed by atoms with Gasteiger partial charge in [0.1, 0.15) is 0 Å². The Morgan fingerprint density at radius 2 is 2.12 bits per heavy atom. The zero-order valence-corrected chi connectivity index (χ0v) is 11.2. The van der Waals surface area contributed by atoms with Crippen molar-refractivity contribution in [2.24, 2.45) is 0 Å². The molecule has 1 N–H and O–H groups in total. The van der Waals surface area contributed by atoms with Gasteiger partial charge in [-0.15, -0.1) is 11.3 Å². The van der Waals surface area contributed by atoms with E-state index in [9.17, 15) is 4.79 Å². The number of carbonyl (C=O) groups excluding carboxylic acids is 1. The highest BCUT2D eigenvalue weighted by Crippen LogP contribution is 2.12. The highest BCUT2D eigenvalue weighted by atomic mass is 79.9. The number of benzene rings is 1. The van der Waals surface area contributed by atoms with Gasteiger partial charge in [-0.3, -0.25) is 10.1 Å². The molecule has 0 fully saturated rings. The van der Waals surface area contributed by atoms with Gasteiger partial charge in [0, 0.05) is 22.1 Å². The van der Waals surface area contributed by atoms with Crippen LogP contribution in [0.15, 0.2) is 46.4 Å². The van der Waals surface area contributed by atoms with Gasteiger partial charge in [-0.2, -0.15) is 0 Å². The molecule has 2 aromatic rings. The summed E-state index contributed by atoms with van der Waals surface area (Å²) < 4.78 is 1.02. The predicted octanol–water partition coefficient (Wildman–Crippen LogP) is 3.56. The number of amides is 1. The molecule has 0 aliphatic rings. The van der Waals surface area contributed by atoms with Gasteiger partial charge in [0.05, 0.1) is 0 Å². The van der Waals surface area contributed by atoms with Crippen molar-refractivity contribution in [1.82, 2.24) is 4.98 Å². The number of aromatic nitrogens is 1. The van der Waals surface area contributed by atoms with Crippen molar-refractivity contribution in [3.63, 3.8) is 0 Å². The van der Waals surface area contributed by atoms with E-state index in [-0.39, 0.29) is 5.91 Å². The van der Waals surface area contributed by atoms with Gasteiger partial charge in [0.25, 0.3) is 0 Å². The molecule has 3 nitrogen and oxygen atoms in total. The van der Waals surface area contributed by atoms with Crippen molar-refractivity contribution in [2.45, 2.75) is 0 Å². The number of halogens is 1. The van der Waals surface area contributed by atoms with Gasteiger partial charge >= 0.3 is 0 Å². The molecule has 0 atom stereocenters. The van der Waals surface area contributed by atoms with E-state index in [4.69, 9.17) is 0 Å². The molecule has 1 amide bonds. The van der Waals surface area contributed by atoms with E-state index in [0.29, 0.717) is 5.13 Å². The van der Waals surface area contributed by atoms with Gasteiger partial charge in [-0.05, 0) is 23.8 Å². The van der Waals surface area contributed by atoms with Crippen molar-refractivity contribution in [1.29, 1.82) is 0 Å². The zero-order chi connectivity index (χ0) is 12.1. The molecule has 17 heavy (non-hydrogen) atoms. The van der Waals surface area contributed by atoms with Gasteiger partial charge in [-0.1, -0.05) is 28.1 Å². The lowest BCUT2D eigenvalue weighted by Crippen LogP contribution is -2.06. The Kier molecular flexibility index (Phi) is 4.06. The average Bonchev–Trinajstić information content (AvgIpc) is 2.81. The number of hydrogen-bond acceptors (Lipinski definition) is 3. The molecular formula is C12H9BrN2OS. The van der Waals surface area contributed by atoms with Crippen molar-refractivity contribution in [3.05, 3.63) is 52.0 Å². The highest BCUT2D eigenvalue weighted by Gasteiger charge is 1.98. The van der Waals surface area contributed by atoms with Gasteiger partial charge in [-0.25, -0.2) is 4.98 Å². The largest absolute Gasteiger partial charge is 0.298 e. The zero-order valence-electron chi connectivity index (χ0n) is 8.76. The van der Waals surface area contributed by atoms with E-state index in [1.165, 1.54) is 17.4 Å². The fourth-order valence-electron chi connectivity index (χ4n) is 1.18. The molecule has 1 aromatic heterocycles. The standard InChI is InChI=1S/C12H9BrN2OS/c13-10-4-1-9(2-5-10)3-6-11(16)15-12-14-7-8-17-12/h1-8H,(H,14,15,16). The van der Waals surface area contributed by atoms with Crippen LogP contribution in [0.2, 0.25) is 0 Å². The number of hydrogen-bond donors (Lipinski definition) is 1. The number of nitrogens with zero attached hydrogens (tertiary/aromatic N) is 1. The van der Waals surface area contributed by atoms with Crippen molar-refractivity contribution < 1.29 is 4.79 Å². The maximum absolute atomic E-state index is 11.5. The molecule has 0 radical (unpaired) electrons. The quantitative estimate of drug-likeness (QED) is 0.881. The molecule has 0 bridgehead atoms. The summed E-state index contributed by atoms with van der Waals surface area (Å²) in [5, 5.41) is 5.10. The van der Waals surface area contributed by atoms with Crippen LogP contribution in [0.25, 0.3) is 6.08 Å². The number of carbonyl (C=O) groups is 1. The average molecular weight is 309 g/mol. The second-order valence-corrected chi connectivity index (χ2v) is 5.02. The van der Waals surface area contributed by atoms with Crippen LogP contribution in [-0.4, -0.2) is 10.9 Å². The van der Waals surface area contributed by atoms with Crippen molar-refractivity contribution in [3.8, 4) is 0 Å². The molecule has 0 aliphatic carbocycles. The SMILES string of the molecule is O=C(C=Cc1ccc(Br)cc1)Nc1nccs1. The third kappa shape index (κ3) is 3.80. The van der Waals surface area contributed by atoms with E-state index in [1.54, 1.807) is 12.3 Å². The van der Waals surface area contributed by atoms with Crippen LogP contribution in [0.1, 0.15) is 5.56 Å². The minimum absolute atomic E-state index is 0.178. The third-order valence-electron chi connectivity index (χ3n) is 1.96. The maximum Gasteiger partial charge on any atom is 0.250 e. The Bertz CT molecular complexity index is 520. The lowest BCUT2D eigenvalue weighted by atomic mass is 10.2. The molecule has 2 rings (SSSR count). The first-order valence-electron chi connectivity index (χ1n) is 4.88. The molecule has 1 aromatic carbocycles. The molecule has 1 heterocycles. The summed E-state index contributed by atoms with van der Waals surface area (Å²) in [6.07, 6.45) is 4.90. The summed E-state index contributed by atoms with van der Waals surface area (Å²) in [4.78, 5) is 15.5. The molecule has 5 heteroatoms. The summed E-state index contributed by atoms with van der Waals surface area (Å²) >= 11 is 4.75. The fraction of sp³-hybridized carbons (Fsp3) is 0. The molecular weight excluding hydrogens is 300 g/mol. The second-order valence-electron chi connectivity index (χ2n) is 3.21. The van der Waals surface area contributed by atoms with Crippen LogP contribution in [0, 0.1) is 0 Å². The monoisotopic (exact) mass is 308 g/mol. The van der Waals surface area contributed by atoms with Crippen molar-refractivity contribution >= 4 is 44.4 Å². The fourth-order valence-corrected chi connectivity index (χ4v) is 1.97. The van der Waals surface area contributed by atoms with Gasteiger partial charge in [0.15, 0.2) is 5.13 Å². The van der Waals surface area contributed by atoms with Crippen LogP contribution >= 0.6 is 27.3 Å². The van der Waals surface area contributed by atoms with Crippen LogP contribution in [0.3, 0.4) is 0 Å². The van der Waals surface area contributed by atoms with Crippen LogP contribution < -0.4 is 5.32 Å². The summed E-state index contributed by atoms with van der Waals surface area (Å²) in [6, 6.07) is 7.71. The highest BCUT2D eigenvalue weighted by molar-refractivity contribution is 9.10. The number of nitrogens with one attached hydrogen (secondary N) is 1. The summed E-state index contributed by atoms with van der Waals surface area (Å²) in [7, 11) is 0. The topological polar surface area (TPSA) is 42.0 Å². The first kappa shape index (κ1) is 12.0. The number of rotatable bonds is 3. The summed E-state index contributed by atoms with van der Waals surface area (Å²) in [6.45, 7) is 0. The van der Waals surface area contributed by atoms with Gasteiger partial charge in [0.2, 0.25) is 5.91 Å². The van der Waals surface area contributed by atoms with Crippen molar-refractivity contribution in [2.75, 3.05) is 5.32 Å². The summed E-state index contributed by atoms with van der Waals surface area (Å²) in [5.41, 5.74) is 0.975. The molecule has 0 saturated heterocycles. The molecule has 86 valence electrons. The number of anilines is 1. The predicted molar refractivity (Wildman–Crippen MR) is 73.9 cm³/mol. The van der Waals surface area contributed by atoms with Crippen LogP contribution in [0.4, 0.5) is 5.13 Å². The van der Waals surface area contributed by atoms with E-state index < -0.39 is 0 Å². The Balaban J connectivity index is 1.96. The Labute approximate surface area is 111 Å². The molecule has 0 unspecified atom stereocenters. The second kappa shape index (κ2) is 5.75. The number of thiazole rings is 1. The van der Waals surface area contributed by atoms with E-state index >= 15 is 0 Å². The van der Waals surface area contributed by atoms with E-state index in [2.05, 4.69) is 26.2 Å². The minimum Gasteiger partial charge on any atom is -0.298 e. The van der Waals surface area contributed by atoms with Gasteiger partial charge < -0.3 is 0 Å². The van der Waals surface area contributed by atoms with E-state index in [0.717, 1.165) is 10.0 Å². The Hall–Kier alpha value is -1.46. The molecule has 0 spiro atoms. The third-order valence-corrected chi connectivity index (χ3v) is 3.18. The normalized spacial score (nSPS) is 10.6. The lowest BCUT2D eigenvalue weighted by molar-refractivity contribution is -0.111. The molecule has 0 aliphatic heterocycles. The maximum atomic E-state index is 11.5. The minimum atomic E-state index is -0.178. The summed E-state index contributed by atoms with van der Waals surface area (Å²) in [5.74, 6) is -0.178. The Morgan fingerprint density at radius 1 is 1.35 bits per heavy atom. The first-order valence-corrected chi connectivity index (χ1v) is 6.55.